The molecule has 1 aromatic heterocycles. The zero-order valence-electron chi connectivity index (χ0n) is 10.4. The number of aromatic nitrogens is 1. The summed E-state index contributed by atoms with van der Waals surface area (Å²) in [6.45, 7) is 4.94. The van der Waals surface area contributed by atoms with E-state index < -0.39 is 0 Å². The minimum Gasteiger partial charge on any atom is -0.303 e. The summed E-state index contributed by atoms with van der Waals surface area (Å²) in [5.74, 6) is 0.672. The number of carbonyl (C=O) groups is 1. The van der Waals surface area contributed by atoms with Crippen molar-refractivity contribution in [1.29, 1.82) is 0 Å². The van der Waals surface area contributed by atoms with Crippen molar-refractivity contribution in [2.45, 2.75) is 26.2 Å². The zero-order chi connectivity index (χ0) is 12.1. The van der Waals surface area contributed by atoms with E-state index in [0.717, 1.165) is 38.9 Å². The third-order valence-electron chi connectivity index (χ3n) is 3.63. The topological polar surface area (TPSA) is 33.2 Å². The summed E-state index contributed by atoms with van der Waals surface area (Å²) in [7, 11) is 0. The van der Waals surface area contributed by atoms with Crippen LogP contribution in [0.5, 0.6) is 0 Å². The van der Waals surface area contributed by atoms with Gasteiger partial charge < -0.3 is 4.90 Å². The van der Waals surface area contributed by atoms with Crippen LogP contribution in [0.4, 0.5) is 0 Å². The summed E-state index contributed by atoms with van der Waals surface area (Å²) in [6, 6.07) is 4.14. The average molecular weight is 232 g/mol. The molecule has 1 aliphatic rings. The van der Waals surface area contributed by atoms with Crippen molar-refractivity contribution >= 4 is 5.78 Å². The highest BCUT2D eigenvalue weighted by molar-refractivity contribution is 5.78. The Morgan fingerprint density at radius 1 is 1.35 bits per heavy atom. The normalized spacial score (nSPS) is 18.2. The van der Waals surface area contributed by atoms with Gasteiger partial charge in [0.25, 0.3) is 0 Å². The molecule has 0 spiro atoms. The van der Waals surface area contributed by atoms with E-state index >= 15 is 0 Å². The molecule has 0 aliphatic carbocycles. The van der Waals surface area contributed by atoms with E-state index in [0.29, 0.717) is 11.7 Å². The molecule has 0 unspecified atom stereocenters. The number of Topliss-reactive ketones (excluding diaryl/α,β-unsaturated/α-hetero) is 1. The molecule has 1 saturated heterocycles. The van der Waals surface area contributed by atoms with Crippen molar-refractivity contribution in [2.24, 2.45) is 5.92 Å². The summed E-state index contributed by atoms with van der Waals surface area (Å²) in [4.78, 5) is 17.7. The Bertz CT molecular complexity index is 356. The fourth-order valence-electron chi connectivity index (χ4n) is 2.40. The molecule has 0 saturated carbocycles. The van der Waals surface area contributed by atoms with Crippen LogP contribution in [0.3, 0.4) is 0 Å². The first kappa shape index (κ1) is 12.2. The van der Waals surface area contributed by atoms with Crippen LogP contribution in [0.1, 0.15) is 25.3 Å². The Hall–Kier alpha value is -1.22. The van der Waals surface area contributed by atoms with Crippen LogP contribution >= 0.6 is 0 Å². The number of rotatable bonds is 4. The lowest BCUT2D eigenvalue weighted by atomic mass is 9.93. The molecule has 3 nitrogen and oxygen atoms in total. The second kappa shape index (κ2) is 5.92. The second-order valence-corrected chi connectivity index (χ2v) is 4.83. The van der Waals surface area contributed by atoms with Gasteiger partial charge in [-0.3, -0.25) is 9.78 Å². The Morgan fingerprint density at radius 3 is 2.59 bits per heavy atom. The van der Waals surface area contributed by atoms with Crippen molar-refractivity contribution in [3.63, 3.8) is 0 Å². The first-order valence-corrected chi connectivity index (χ1v) is 6.37. The summed E-state index contributed by atoms with van der Waals surface area (Å²) < 4.78 is 0. The molecule has 0 bridgehead atoms. The number of hydrogen-bond acceptors (Lipinski definition) is 3. The van der Waals surface area contributed by atoms with Crippen LogP contribution in [0.15, 0.2) is 24.5 Å². The number of pyridine rings is 1. The van der Waals surface area contributed by atoms with Crippen molar-refractivity contribution in [3.8, 4) is 0 Å². The molecule has 0 N–H and O–H groups in total. The van der Waals surface area contributed by atoms with Gasteiger partial charge >= 0.3 is 0 Å². The lowest BCUT2D eigenvalue weighted by Gasteiger charge is -2.30. The van der Waals surface area contributed by atoms with Gasteiger partial charge in [0.15, 0.2) is 0 Å². The average Bonchev–Trinajstić information content (AvgIpc) is 2.38. The van der Waals surface area contributed by atoms with E-state index in [9.17, 15) is 4.79 Å². The minimum absolute atomic E-state index is 0.312. The number of nitrogens with zero attached hydrogens (tertiary/aromatic N) is 2. The summed E-state index contributed by atoms with van der Waals surface area (Å²) in [5, 5.41) is 0. The number of hydrogen-bond donors (Lipinski definition) is 0. The highest BCUT2D eigenvalue weighted by Gasteiger charge is 2.21. The van der Waals surface area contributed by atoms with Gasteiger partial charge in [-0.25, -0.2) is 0 Å². The van der Waals surface area contributed by atoms with E-state index in [2.05, 4.69) is 22.0 Å². The van der Waals surface area contributed by atoms with Crippen LogP contribution < -0.4 is 0 Å². The van der Waals surface area contributed by atoms with Crippen LogP contribution in [-0.4, -0.2) is 35.3 Å². The van der Waals surface area contributed by atoms with Gasteiger partial charge in [-0.05, 0) is 57.0 Å². The lowest BCUT2D eigenvalue weighted by Crippen LogP contribution is -2.36. The monoisotopic (exact) mass is 232 g/mol. The maximum Gasteiger partial charge on any atom is 0.133 e. The van der Waals surface area contributed by atoms with E-state index in [1.54, 1.807) is 6.92 Å². The minimum atomic E-state index is 0.312. The van der Waals surface area contributed by atoms with Crippen LogP contribution in [0.2, 0.25) is 0 Å². The van der Waals surface area contributed by atoms with E-state index in [1.165, 1.54) is 5.56 Å². The fraction of sp³-hybridized carbons (Fsp3) is 0.571. The molecular formula is C14H20N2O. The lowest BCUT2D eigenvalue weighted by molar-refractivity contribution is -0.122. The van der Waals surface area contributed by atoms with Crippen molar-refractivity contribution < 1.29 is 4.79 Å². The first-order chi connectivity index (χ1) is 8.25. The van der Waals surface area contributed by atoms with Gasteiger partial charge in [0.05, 0.1) is 0 Å². The third kappa shape index (κ3) is 3.63. The molecule has 0 atom stereocenters. The smallest absolute Gasteiger partial charge is 0.133 e. The molecule has 0 aromatic carbocycles. The largest absolute Gasteiger partial charge is 0.303 e. The molecule has 92 valence electrons. The molecule has 17 heavy (non-hydrogen) atoms. The first-order valence-electron chi connectivity index (χ1n) is 6.37. The number of carbonyl (C=O) groups excluding carboxylic acids is 1. The highest BCUT2D eigenvalue weighted by atomic mass is 16.1. The van der Waals surface area contributed by atoms with Crippen molar-refractivity contribution in [3.05, 3.63) is 30.1 Å². The van der Waals surface area contributed by atoms with Gasteiger partial charge in [-0.15, -0.1) is 0 Å². The fourth-order valence-corrected chi connectivity index (χ4v) is 2.40. The number of likely N-dealkylation sites (tertiary alicyclic amines) is 1. The molecule has 0 radical (unpaired) electrons. The van der Waals surface area contributed by atoms with Crippen molar-refractivity contribution in [1.82, 2.24) is 9.88 Å². The number of piperidine rings is 1. The maximum atomic E-state index is 11.3. The third-order valence-corrected chi connectivity index (χ3v) is 3.63. The second-order valence-electron chi connectivity index (χ2n) is 4.83. The molecule has 1 aromatic rings. The summed E-state index contributed by atoms with van der Waals surface area (Å²) in [6.07, 6.45) is 6.83. The van der Waals surface area contributed by atoms with Crippen LogP contribution in [0, 0.1) is 5.92 Å². The van der Waals surface area contributed by atoms with Crippen LogP contribution in [0.25, 0.3) is 0 Å². The predicted molar refractivity (Wildman–Crippen MR) is 67.8 cm³/mol. The van der Waals surface area contributed by atoms with Gasteiger partial charge in [0.1, 0.15) is 5.78 Å². The standard InChI is InChI=1S/C14H20N2O/c1-12(17)14-5-10-16(11-6-14)9-4-13-2-7-15-8-3-13/h2-3,7-8,14H,4-6,9-11H2,1H3. The summed E-state index contributed by atoms with van der Waals surface area (Å²) >= 11 is 0. The van der Waals surface area contributed by atoms with Gasteiger partial charge in [0, 0.05) is 24.9 Å². The molecule has 2 heterocycles. The number of ketones is 1. The molecule has 3 heteroatoms. The van der Waals surface area contributed by atoms with E-state index in [1.807, 2.05) is 12.4 Å². The Morgan fingerprint density at radius 2 is 2.00 bits per heavy atom. The Kier molecular flexibility index (Phi) is 4.26. The van der Waals surface area contributed by atoms with Crippen molar-refractivity contribution in [2.75, 3.05) is 19.6 Å². The zero-order valence-corrected chi connectivity index (χ0v) is 10.4. The van der Waals surface area contributed by atoms with Gasteiger partial charge in [-0.2, -0.15) is 0 Å². The van der Waals surface area contributed by atoms with Gasteiger partial charge in [0.2, 0.25) is 0 Å². The van der Waals surface area contributed by atoms with E-state index in [-0.39, 0.29) is 0 Å². The molecular weight excluding hydrogens is 212 g/mol. The SMILES string of the molecule is CC(=O)C1CCN(CCc2ccncc2)CC1. The molecule has 1 fully saturated rings. The molecule has 2 rings (SSSR count). The Balaban J connectivity index is 1.74. The summed E-state index contributed by atoms with van der Waals surface area (Å²) in [5.41, 5.74) is 1.34. The molecule has 0 amide bonds. The van der Waals surface area contributed by atoms with Gasteiger partial charge in [-0.1, -0.05) is 0 Å². The Labute approximate surface area is 103 Å². The quantitative estimate of drug-likeness (QED) is 0.795. The molecule has 1 aliphatic heterocycles. The predicted octanol–water partition coefficient (Wildman–Crippen LogP) is 1.93. The van der Waals surface area contributed by atoms with E-state index in [4.69, 9.17) is 0 Å². The highest BCUT2D eigenvalue weighted by Crippen LogP contribution is 2.18. The maximum absolute atomic E-state index is 11.3. The van der Waals surface area contributed by atoms with Crippen LogP contribution in [-0.2, 0) is 11.2 Å².